The summed E-state index contributed by atoms with van der Waals surface area (Å²) in [5.74, 6) is 2.07. The summed E-state index contributed by atoms with van der Waals surface area (Å²) in [4.78, 5) is 4.49. The standard InChI is InChI=1S/C21H25N3O4S.HI/c1-15(20-14-16-6-4-5-7-19(16)28-20)24-21(22-2)23-12-13-27-17-8-10-18(11-9-17)29(3,25)26;/h4-11,14-15H,12-13H2,1-3H3,(H2,22,23,24);1H. The Bertz CT molecular complexity index is 1060. The predicted octanol–water partition coefficient (Wildman–Crippen LogP) is 3.76. The van der Waals surface area contributed by atoms with Crippen molar-refractivity contribution >= 4 is 50.7 Å². The first kappa shape index (κ1) is 24.0. The van der Waals surface area contributed by atoms with Gasteiger partial charge in [0.15, 0.2) is 15.8 Å². The Balaban J connectivity index is 0.00000320. The van der Waals surface area contributed by atoms with E-state index in [1.165, 1.54) is 18.4 Å². The summed E-state index contributed by atoms with van der Waals surface area (Å²) in [6.07, 6.45) is 1.18. The van der Waals surface area contributed by atoms with Crippen molar-refractivity contribution in [1.29, 1.82) is 0 Å². The number of guanidine groups is 1. The van der Waals surface area contributed by atoms with Crippen LogP contribution in [0.25, 0.3) is 11.0 Å². The van der Waals surface area contributed by atoms with Gasteiger partial charge in [-0.15, -0.1) is 24.0 Å². The normalized spacial score (nSPS) is 12.8. The van der Waals surface area contributed by atoms with Gasteiger partial charge < -0.3 is 19.8 Å². The number of nitrogens with one attached hydrogen (secondary N) is 2. The Hall–Kier alpha value is -2.27. The number of aliphatic imine (C=N–C) groups is 1. The highest BCUT2D eigenvalue weighted by atomic mass is 127. The molecule has 1 unspecified atom stereocenters. The van der Waals surface area contributed by atoms with Crippen LogP contribution in [0.3, 0.4) is 0 Å². The highest BCUT2D eigenvalue weighted by molar-refractivity contribution is 14.0. The van der Waals surface area contributed by atoms with E-state index in [2.05, 4.69) is 15.6 Å². The summed E-state index contributed by atoms with van der Waals surface area (Å²) in [6, 6.07) is 16.2. The smallest absolute Gasteiger partial charge is 0.191 e. The fourth-order valence-corrected chi connectivity index (χ4v) is 3.44. The van der Waals surface area contributed by atoms with Gasteiger partial charge in [0.25, 0.3) is 0 Å². The number of ether oxygens (including phenoxy) is 1. The highest BCUT2D eigenvalue weighted by Crippen LogP contribution is 2.23. The van der Waals surface area contributed by atoms with E-state index in [9.17, 15) is 8.42 Å². The van der Waals surface area contributed by atoms with Crippen molar-refractivity contribution in [2.75, 3.05) is 26.5 Å². The molecule has 0 fully saturated rings. The Morgan fingerprint density at radius 3 is 2.50 bits per heavy atom. The molecule has 7 nitrogen and oxygen atoms in total. The molecule has 162 valence electrons. The molecule has 0 saturated heterocycles. The molecule has 0 aliphatic rings. The molecule has 1 atom stereocenters. The number of para-hydroxylation sites is 1. The van der Waals surface area contributed by atoms with Crippen molar-refractivity contribution in [3.8, 4) is 5.75 Å². The number of hydrogen-bond acceptors (Lipinski definition) is 5. The molecule has 2 aromatic carbocycles. The fourth-order valence-electron chi connectivity index (χ4n) is 2.81. The Kier molecular flexibility index (Phi) is 8.54. The van der Waals surface area contributed by atoms with Gasteiger partial charge in [-0.05, 0) is 43.3 Å². The molecule has 1 heterocycles. The molecule has 0 spiro atoms. The highest BCUT2D eigenvalue weighted by Gasteiger charge is 2.13. The zero-order valence-corrected chi connectivity index (χ0v) is 20.2. The molecule has 0 aliphatic carbocycles. The summed E-state index contributed by atoms with van der Waals surface area (Å²) < 4.78 is 34.5. The molecule has 0 aliphatic heterocycles. The molecule has 0 amide bonds. The van der Waals surface area contributed by atoms with E-state index in [1.54, 1.807) is 19.2 Å². The SMILES string of the molecule is CN=C(NCCOc1ccc(S(C)(=O)=O)cc1)NC(C)c1cc2ccccc2o1.I. The Morgan fingerprint density at radius 1 is 1.17 bits per heavy atom. The maximum Gasteiger partial charge on any atom is 0.191 e. The van der Waals surface area contributed by atoms with Crippen molar-refractivity contribution in [3.63, 3.8) is 0 Å². The maximum absolute atomic E-state index is 11.5. The lowest BCUT2D eigenvalue weighted by Gasteiger charge is -2.16. The summed E-state index contributed by atoms with van der Waals surface area (Å²) in [5, 5.41) is 7.54. The maximum atomic E-state index is 11.5. The van der Waals surface area contributed by atoms with E-state index < -0.39 is 9.84 Å². The number of sulfone groups is 1. The van der Waals surface area contributed by atoms with Gasteiger partial charge in [0.05, 0.1) is 17.5 Å². The van der Waals surface area contributed by atoms with E-state index in [-0.39, 0.29) is 34.9 Å². The lowest BCUT2D eigenvalue weighted by molar-refractivity contribution is 0.321. The second kappa shape index (κ2) is 10.7. The first-order valence-electron chi connectivity index (χ1n) is 9.25. The molecular weight excluding hydrogens is 517 g/mol. The quantitative estimate of drug-likeness (QED) is 0.204. The van der Waals surface area contributed by atoms with Crippen LogP contribution in [-0.4, -0.2) is 40.8 Å². The zero-order chi connectivity index (χ0) is 20.9. The van der Waals surface area contributed by atoms with Gasteiger partial charge >= 0.3 is 0 Å². The van der Waals surface area contributed by atoms with Crippen LogP contribution in [0.4, 0.5) is 0 Å². The largest absolute Gasteiger partial charge is 0.492 e. The lowest BCUT2D eigenvalue weighted by Crippen LogP contribution is -2.40. The molecule has 30 heavy (non-hydrogen) atoms. The number of hydrogen-bond donors (Lipinski definition) is 2. The van der Waals surface area contributed by atoms with Crippen LogP contribution in [-0.2, 0) is 9.84 Å². The van der Waals surface area contributed by atoms with Gasteiger partial charge in [-0.25, -0.2) is 8.42 Å². The minimum atomic E-state index is -3.20. The van der Waals surface area contributed by atoms with Gasteiger partial charge in [-0.3, -0.25) is 4.99 Å². The molecule has 2 N–H and O–H groups in total. The Labute approximate surface area is 193 Å². The summed E-state index contributed by atoms with van der Waals surface area (Å²) in [5.41, 5.74) is 0.856. The van der Waals surface area contributed by atoms with Crippen LogP contribution >= 0.6 is 24.0 Å². The second-order valence-corrected chi connectivity index (χ2v) is 8.66. The van der Waals surface area contributed by atoms with E-state index in [4.69, 9.17) is 9.15 Å². The summed E-state index contributed by atoms with van der Waals surface area (Å²) >= 11 is 0. The first-order valence-corrected chi connectivity index (χ1v) is 11.1. The van der Waals surface area contributed by atoms with E-state index in [0.29, 0.717) is 24.9 Å². The molecule has 0 radical (unpaired) electrons. The minimum Gasteiger partial charge on any atom is -0.492 e. The Morgan fingerprint density at radius 2 is 1.87 bits per heavy atom. The average Bonchev–Trinajstić information content (AvgIpc) is 3.14. The molecule has 3 rings (SSSR count). The summed E-state index contributed by atoms with van der Waals surface area (Å²) in [7, 11) is -1.50. The van der Waals surface area contributed by atoms with Crippen molar-refractivity contribution in [2.24, 2.45) is 4.99 Å². The van der Waals surface area contributed by atoms with Gasteiger partial charge in [-0.1, -0.05) is 18.2 Å². The predicted molar refractivity (Wildman–Crippen MR) is 130 cm³/mol. The summed E-state index contributed by atoms with van der Waals surface area (Å²) in [6.45, 7) is 2.93. The topological polar surface area (TPSA) is 92.9 Å². The van der Waals surface area contributed by atoms with Crippen LogP contribution in [0.5, 0.6) is 5.75 Å². The van der Waals surface area contributed by atoms with Crippen LogP contribution in [0.15, 0.2) is 68.9 Å². The van der Waals surface area contributed by atoms with Gasteiger partial charge in [0.2, 0.25) is 0 Å². The van der Waals surface area contributed by atoms with Crippen LogP contribution in [0.1, 0.15) is 18.7 Å². The average molecular weight is 543 g/mol. The fraction of sp³-hybridized carbons (Fsp3) is 0.286. The second-order valence-electron chi connectivity index (χ2n) is 6.64. The third-order valence-corrected chi connectivity index (χ3v) is 5.49. The number of furan rings is 1. The van der Waals surface area contributed by atoms with E-state index in [0.717, 1.165) is 16.7 Å². The molecule has 0 saturated carbocycles. The molecule has 1 aromatic heterocycles. The number of benzene rings is 2. The monoisotopic (exact) mass is 543 g/mol. The number of nitrogens with zero attached hydrogens (tertiary/aromatic N) is 1. The van der Waals surface area contributed by atoms with E-state index >= 15 is 0 Å². The van der Waals surface area contributed by atoms with Crippen molar-refractivity contribution in [2.45, 2.75) is 17.9 Å². The number of rotatable bonds is 7. The van der Waals surface area contributed by atoms with Gasteiger partial charge in [-0.2, -0.15) is 0 Å². The number of fused-ring (bicyclic) bond motifs is 1. The first-order chi connectivity index (χ1) is 13.9. The van der Waals surface area contributed by atoms with Crippen LogP contribution in [0, 0.1) is 0 Å². The van der Waals surface area contributed by atoms with Crippen molar-refractivity contribution in [3.05, 3.63) is 60.4 Å². The lowest BCUT2D eigenvalue weighted by atomic mass is 10.2. The minimum absolute atomic E-state index is 0. The van der Waals surface area contributed by atoms with Gasteiger partial charge in [0, 0.05) is 18.7 Å². The van der Waals surface area contributed by atoms with Crippen molar-refractivity contribution < 1.29 is 17.6 Å². The van der Waals surface area contributed by atoms with Crippen molar-refractivity contribution in [1.82, 2.24) is 10.6 Å². The molecule has 9 heteroatoms. The van der Waals surface area contributed by atoms with Gasteiger partial charge in [0.1, 0.15) is 23.7 Å². The number of halogens is 1. The van der Waals surface area contributed by atoms with E-state index in [1.807, 2.05) is 37.3 Å². The molecule has 0 bridgehead atoms. The van der Waals surface area contributed by atoms with Crippen LogP contribution < -0.4 is 15.4 Å². The molecular formula is C21H26IN3O4S. The third-order valence-electron chi connectivity index (χ3n) is 4.36. The molecule has 3 aromatic rings. The zero-order valence-electron chi connectivity index (χ0n) is 17.1. The third kappa shape index (κ3) is 6.36. The van der Waals surface area contributed by atoms with Crippen LogP contribution in [0.2, 0.25) is 0 Å².